The molecule has 1 aromatic carbocycles. The van der Waals surface area contributed by atoms with Crippen LogP contribution in [0.1, 0.15) is 39.0 Å². The van der Waals surface area contributed by atoms with Crippen LogP contribution in [0.2, 0.25) is 0 Å². The monoisotopic (exact) mass is 383 g/mol. The molecule has 0 spiro atoms. The Morgan fingerprint density at radius 3 is 2.28 bits per heavy atom. The van der Waals surface area contributed by atoms with Crippen molar-refractivity contribution < 1.29 is 0 Å². The smallest absolute Gasteiger partial charge is 0.0711 e. The molecule has 1 aromatic heterocycles. The Hall–Kier alpha value is -3.19. The van der Waals surface area contributed by atoms with Gasteiger partial charge in [-0.15, -0.1) is 0 Å². The summed E-state index contributed by atoms with van der Waals surface area (Å²) in [5, 5.41) is 0. The van der Waals surface area contributed by atoms with Gasteiger partial charge in [-0.1, -0.05) is 105 Å². The molecule has 0 saturated carbocycles. The molecule has 0 aliphatic heterocycles. The number of rotatable bonds is 7. The molecule has 0 bridgehead atoms. The first-order valence-electron chi connectivity index (χ1n) is 10.2. The fraction of sp³-hybridized carbons (Fsp3) is 0.179. The van der Waals surface area contributed by atoms with Crippen molar-refractivity contribution in [3.8, 4) is 11.3 Å². The Morgan fingerprint density at radius 1 is 0.931 bits per heavy atom. The summed E-state index contributed by atoms with van der Waals surface area (Å²) >= 11 is 0. The van der Waals surface area contributed by atoms with E-state index in [4.69, 9.17) is 0 Å². The largest absolute Gasteiger partial charge is 0.253 e. The highest BCUT2D eigenvalue weighted by molar-refractivity contribution is 5.65. The van der Waals surface area contributed by atoms with Gasteiger partial charge >= 0.3 is 0 Å². The summed E-state index contributed by atoms with van der Waals surface area (Å²) in [7, 11) is 0. The van der Waals surface area contributed by atoms with Crippen LogP contribution in [0, 0.1) is 6.92 Å². The molecule has 0 amide bonds. The molecule has 0 atom stereocenters. The highest BCUT2D eigenvalue weighted by Crippen LogP contribution is 2.20. The van der Waals surface area contributed by atoms with Crippen molar-refractivity contribution in [2.45, 2.75) is 34.6 Å². The second-order valence-electron chi connectivity index (χ2n) is 6.11. The second-order valence-corrected chi connectivity index (χ2v) is 6.11. The van der Waals surface area contributed by atoms with Crippen molar-refractivity contribution in [3.05, 3.63) is 120 Å². The predicted octanol–water partition coefficient (Wildman–Crippen LogP) is 8.29. The zero-order valence-corrected chi connectivity index (χ0v) is 18.4. The van der Waals surface area contributed by atoms with Crippen molar-refractivity contribution in [3.63, 3.8) is 0 Å². The summed E-state index contributed by atoms with van der Waals surface area (Å²) < 4.78 is 0. The van der Waals surface area contributed by atoms with Crippen LogP contribution in [0.5, 0.6) is 0 Å². The molecule has 0 aliphatic rings. The molecule has 0 aliphatic carbocycles. The Balaban J connectivity index is 0.00000204. The first kappa shape index (κ1) is 23.8. The number of benzene rings is 1. The van der Waals surface area contributed by atoms with E-state index in [0.717, 1.165) is 33.7 Å². The highest BCUT2D eigenvalue weighted by atomic mass is 14.7. The number of pyridine rings is 1. The molecule has 0 fully saturated rings. The van der Waals surface area contributed by atoms with Crippen molar-refractivity contribution in [1.82, 2.24) is 4.98 Å². The first-order valence-corrected chi connectivity index (χ1v) is 10.2. The van der Waals surface area contributed by atoms with Crippen LogP contribution < -0.4 is 0 Å². The maximum absolute atomic E-state index is 4.66. The lowest BCUT2D eigenvalue weighted by Gasteiger charge is -2.04. The summed E-state index contributed by atoms with van der Waals surface area (Å²) in [4.78, 5) is 4.66. The molecule has 1 heterocycles. The third-order valence-corrected chi connectivity index (χ3v) is 4.05. The van der Waals surface area contributed by atoms with Crippen LogP contribution in [0.3, 0.4) is 0 Å². The number of aromatic nitrogens is 1. The molecule has 2 aromatic rings. The van der Waals surface area contributed by atoms with Crippen LogP contribution in [-0.4, -0.2) is 4.98 Å². The lowest BCUT2D eigenvalue weighted by Crippen LogP contribution is -1.88. The molecule has 150 valence electrons. The number of hydrogen-bond acceptors (Lipinski definition) is 1. The minimum atomic E-state index is 0.992. The number of nitrogens with zero attached hydrogens (tertiary/aromatic N) is 1. The fourth-order valence-corrected chi connectivity index (χ4v) is 2.72. The van der Waals surface area contributed by atoms with Crippen LogP contribution in [-0.2, 0) is 0 Å². The molecule has 29 heavy (non-hydrogen) atoms. The predicted molar refractivity (Wildman–Crippen MR) is 131 cm³/mol. The van der Waals surface area contributed by atoms with E-state index in [2.05, 4.69) is 66.2 Å². The number of aryl methyl sites for hydroxylation is 1. The first-order chi connectivity index (χ1) is 14.2. The van der Waals surface area contributed by atoms with E-state index < -0.39 is 0 Å². The summed E-state index contributed by atoms with van der Waals surface area (Å²) in [5.74, 6) is 0. The third-order valence-electron chi connectivity index (χ3n) is 4.05. The van der Waals surface area contributed by atoms with Gasteiger partial charge in [0, 0.05) is 11.3 Å². The summed E-state index contributed by atoms with van der Waals surface area (Å²) in [6.07, 6.45) is 18.4. The average Bonchev–Trinajstić information content (AvgIpc) is 2.76. The highest BCUT2D eigenvalue weighted by Gasteiger charge is 2.01. The van der Waals surface area contributed by atoms with E-state index in [-0.39, 0.29) is 0 Å². The number of allylic oxidation sites excluding steroid dienone is 10. The van der Waals surface area contributed by atoms with Gasteiger partial charge in [-0.05, 0) is 49.6 Å². The number of hydrogen-bond donors (Lipinski definition) is 0. The van der Waals surface area contributed by atoms with Crippen molar-refractivity contribution in [2.75, 3.05) is 0 Å². The standard InChI is InChI=1S/C26H27N.C2H6/c1-5-8-10-15-23(6-2)24(7-3)18-13-14-22-19-21(4)27-26(20-22)25-16-11-9-12-17-25;1-2/h5-20H,3H2,1-2,4H3;1-2H3/b8-5-,14-13+,15-10-,23-6+,24-18+;. The lowest BCUT2D eigenvalue weighted by molar-refractivity contribution is 1.20. The van der Waals surface area contributed by atoms with Crippen molar-refractivity contribution >= 4 is 6.08 Å². The topological polar surface area (TPSA) is 12.9 Å². The molecule has 1 nitrogen and oxygen atoms in total. The molecule has 0 radical (unpaired) electrons. The minimum absolute atomic E-state index is 0.992. The fourth-order valence-electron chi connectivity index (χ4n) is 2.72. The van der Waals surface area contributed by atoms with Gasteiger partial charge in [0.2, 0.25) is 0 Å². The van der Waals surface area contributed by atoms with Crippen LogP contribution >= 0.6 is 0 Å². The van der Waals surface area contributed by atoms with Gasteiger partial charge in [0.1, 0.15) is 0 Å². The molecule has 2 rings (SSSR count). The Labute approximate surface area is 177 Å². The summed E-state index contributed by atoms with van der Waals surface area (Å²) in [5.41, 5.74) is 6.49. The van der Waals surface area contributed by atoms with Gasteiger partial charge in [-0.25, -0.2) is 0 Å². The van der Waals surface area contributed by atoms with E-state index in [9.17, 15) is 0 Å². The molecule has 0 N–H and O–H groups in total. The van der Waals surface area contributed by atoms with Crippen LogP contribution in [0.15, 0.2) is 109 Å². The van der Waals surface area contributed by atoms with E-state index in [1.54, 1.807) is 0 Å². The molecule has 0 saturated heterocycles. The van der Waals surface area contributed by atoms with Crippen LogP contribution in [0.25, 0.3) is 17.3 Å². The third kappa shape index (κ3) is 8.15. The van der Waals surface area contributed by atoms with E-state index in [1.165, 1.54) is 0 Å². The maximum atomic E-state index is 4.66. The van der Waals surface area contributed by atoms with E-state index in [0.29, 0.717) is 0 Å². The summed E-state index contributed by atoms with van der Waals surface area (Å²) in [6, 6.07) is 14.5. The SMILES string of the molecule is C=CC(=C\C=C\c1cc(C)nc(-c2ccccc2)c1)/C(/C=C\C=C/C)=C/C.CC. The van der Waals surface area contributed by atoms with Gasteiger partial charge in [0.15, 0.2) is 0 Å². The van der Waals surface area contributed by atoms with Gasteiger partial charge in [0.25, 0.3) is 0 Å². The quantitative estimate of drug-likeness (QED) is 0.438. The zero-order valence-electron chi connectivity index (χ0n) is 18.4. The Kier molecular flexibility index (Phi) is 11.4. The van der Waals surface area contributed by atoms with Crippen molar-refractivity contribution in [2.24, 2.45) is 0 Å². The average molecular weight is 384 g/mol. The van der Waals surface area contributed by atoms with Crippen LogP contribution in [0.4, 0.5) is 0 Å². The lowest BCUT2D eigenvalue weighted by atomic mass is 10.0. The Morgan fingerprint density at radius 2 is 1.66 bits per heavy atom. The molecule has 0 unspecified atom stereocenters. The normalized spacial score (nSPS) is 12.4. The molecular formula is C28H33N. The molecular weight excluding hydrogens is 350 g/mol. The maximum Gasteiger partial charge on any atom is 0.0711 e. The van der Waals surface area contributed by atoms with E-state index in [1.807, 2.05) is 77.1 Å². The Bertz CT molecular complexity index is 907. The van der Waals surface area contributed by atoms with Gasteiger partial charge < -0.3 is 0 Å². The van der Waals surface area contributed by atoms with E-state index >= 15 is 0 Å². The second kappa shape index (κ2) is 13.9. The van der Waals surface area contributed by atoms with Crippen molar-refractivity contribution in [1.29, 1.82) is 0 Å². The zero-order chi connectivity index (χ0) is 21.5. The van der Waals surface area contributed by atoms with Gasteiger partial charge in [0.05, 0.1) is 5.69 Å². The summed E-state index contributed by atoms with van der Waals surface area (Å²) in [6.45, 7) is 14.0. The minimum Gasteiger partial charge on any atom is -0.253 e. The van der Waals surface area contributed by atoms with Gasteiger partial charge in [-0.2, -0.15) is 0 Å². The van der Waals surface area contributed by atoms with Gasteiger partial charge in [-0.3, -0.25) is 4.98 Å². The molecule has 1 heteroatoms.